The summed E-state index contributed by atoms with van der Waals surface area (Å²) in [6.07, 6.45) is 2.76. The number of hydrogen-bond donors (Lipinski definition) is 1. The fourth-order valence-electron chi connectivity index (χ4n) is 5.21. The predicted molar refractivity (Wildman–Crippen MR) is 136 cm³/mol. The van der Waals surface area contributed by atoms with Crippen LogP contribution in [-0.2, 0) is 40.1 Å². The SMILES string of the molecule is CCOC(=O)Cn1c2c(c3cc(F)ccc31)C[C@@H](NC(=O)C(Cc1ccccc1)C(C)(C)C)CC2. The minimum absolute atomic E-state index is 0.0412. The molecule has 3 aromatic rings. The first-order valence-corrected chi connectivity index (χ1v) is 12.5. The van der Waals surface area contributed by atoms with Crippen molar-refractivity contribution >= 4 is 22.8 Å². The summed E-state index contributed by atoms with van der Waals surface area (Å²) in [6.45, 7) is 8.51. The number of hydrogen-bond acceptors (Lipinski definition) is 3. The molecule has 2 atom stereocenters. The summed E-state index contributed by atoms with van der Waals surface area (Å²) in [5, 5.41) is 4.11. The van der Waals surface area contributed by atoms with Crippen LogP contribution in [0.1, 0.15) is 50.9 Å². The van der Waals surface area contributed by atoms with E-state index in [1.165, 1.54) is 12.1 Å². The van der Waals surface area contributed by atoms with Crippen molar-refractivity contribution in [3.8, 4) is 0 Å². The summed E-state index contributed by atoms with van der Waals surface area (Å²) >= 11 is 0. The van der Waals surface area contributed by atoms with Gasteiger partial charge in [-0.2, -0.15) is 0 Å². The maximum atomic E-state index is 14.2. The van der Waals surface area contributed by atoms with Gasteiger partial charge in [0.05, 0.1) is 6.61 Å². The first-order chi connectivity index (χ1) is 16.7. The molecule has 0 fully saturated rings. The Morgan fingerprint density at radius 2 is 1.91 bits per heavy atom. The number of benzene rings is 2. The lowest BCUT2D eigenvalue weighted by Crippen LogP contribution is -2.46. The van der Waals surface area contributed by atoms with Gasteiger partial charge in [0.15, 0.2) is 0 Å². The number of ether oxygens (including phenoxy) is 1. The Labute approximate surface area is 206 Å². The molecule has 4 rings (SSSR count). The van der Waals surface area contributed by atoms with Gasteiger partial charge in [-0.1, -0.05) is 51.1 Å². The Morgan fingerprint density at radius 1 is 1.17 bits per heavy atom. The van der Waals surface area contributed by atoms with Gasteiger partial charge in [0.2, 0.25) is 5.91 Å². The third kappa shape index (κ3) is 5.58. The number of nitrogens with zero attached hydrogens (tertiary/aromatic N) is 1. The molecule has 0 saturated heterocycles. The van der Waals surface area contributed by atoms with Gasteiger partial charge in [0.1, 0.15) is 12.4 Å². The zero-order valence-corrected chi connectivity index (χ0v) is 21.1. The summed E-state index contributed by atoms with van der Waals surface area (Å²) in [6, 6.07) is 14.8. The monoisotopic (exact) mass is 478 g/mol. The molecule has 2 aromatic carbocycles. The highest BCUT2D eigenvalue weighted by atomic mass is 19.1. The minimum atomic E-state index is -0.310. The largest absolute Gasteiger partial charge is 0.465 e. The maximum absolute atomic E-state index is 14.2. The number of fused-ring (bicyclic) bond motifs is 3. The van der Waals surface area contributed by atoms with E-state index < -0.39 is 0 Å². The van der Waals surface area contributed by atoms with E-state index in [4.69, 9.17) is 4.74 Å². The standard InChI is InChI=1S/C29H35FN2O3/c1-5-35-27(33)18-32-25-13-11-20(30)16-22(25)23-17-21(12-14-26(23)32)31-28(34)24(29(2,3)4)15-19-9-7-6-8-10-19/h6-11,13,16,21,24H,5,12,14-15,17-18H2,1-4H3,(H,31,34)/t21-,24?/m0/s1. The number of esters is 1. The highest BCUT2D eigenvalue weighted by molar-refractivity contribution is 5.88. The van der Waals surface area contributed by atoms with Gasteiger partial charge in [0.25, 0.3) is 0 Å². The second-order valence-electron chi connectivity index (χ2n) is 10.5. The summed E-state index contributed by atoms with van der Waals surface area (Å²) in [4.78, 5) is 25.7. The lowest BCUT2D eigenvalue weighted by Gasteiger charge is -2.33. The second kappa shape index (κ2) is 10.2. The first-order valence-electron chi connectivity index (χ1n) is 12.5. The van der Waals surface area contributed by atoms with Gasteiger partial charge in [0, 0.05) is 28.6 Å². The van der Waals surface area contributed by atoms with Crippen LogP contribution in [0.15, 0.2) is 48.5 Å². The van der Waals surface area contributed by atoms with Gasteiger partial charge in [-0.3, -0.25) is 9.59 Å². The van der Waals surface area contributed by atoms with E-state index in [-0.39, 0.29) is 41.6 Å². The quantitative estimate of drug-likeness (QED) is 0.474. The molecule has 1 amide bonds. The molecule has 0 spiro atoms. The lowest BCUT2D eigenvalue weighted by molar-refractivity contribution is -0.143. The number of carbonyl (C=O) groups is 2. The smallest absolute Gasteiger partial charge is 0.325 e. The number of amides is 1. The topological polar surface area (TPSA) is 60.3 Å². The number of nitrogens with one attached hydrogen (secondary N) is 1. The van der Waals surface area contributed by atoms with Crippen molar-refractivity contribution < 1.29 is 18.7 Å². The van der Waals surface area contributed by atoms with Crippen LogP contribution >= 0.6 is 0 Å². The van der Waals surface area contributed by atoms with Gasteiger partial charge >= 0.3 is 5.97 Å². The van der Waals surface area contributed by atoms with Crippen molar-refractivity contribution in [1.82, 2.24) is 9.88 Å². The molecule has 35 heavy (non-hydrogen) atoms. The van der Waals surface area contributed by atoms with Gasteiger partial charge in [-0.15, -0.1) is 0 Å². The molecule has 0 bridgehead atoms. The summed E-state index contributed by atoms with van der Waals surface area (Å²) in [5.41, 5.74) is 3.81. The summed E-state index contributed by atoms with van der Waals surface area (Å²) in [5.74, 6) is -0.735. The van der Waals surface area contributed by atoms with Crippen LogP contribution in [0, 0.1) is 17.2 Å². The van der Waals surface area contributed by atoms with E-state index in [9.17, 15) is 14.0 Å². The van der Waals surface area contributed by atoms with Crippen LogP contribution in [0.4, 0.5) is 4.39 Å². The molecule has 5 nitrogen and oxygen atoms in total. The minimum Gasteiger partial charge on any atom is -0.465 e. The second-order valence-corrected chi connectivity index (χ2v) is 10.5. The molecule has 0 saturated carbocycles. The van der Waals surface area contributed by atoms with E-state index in [0.29, 0.717) is 25.9 Å². The molecular formula is C29H35FN2O3. The fourth-order valence-corrected chi connectivity index (χ4v) is 5.21. The normalized spacial score (nSPS) is 16.5. The number of aromatic nitrogens is 1. The van der Waals surface area contributed by atoms with E-state index in [1.54, 1.807) is 13.0 Å². The Kier molecular flexibility index (Phi) is 7.29. The summed E-state index contributed by atoms with van der Waals surface area (Å²) in [7, 11) is 0. The zero-order chi connectivity index (χ0) is 25.2. The maximum Gasteiger partial charge on any atom is 0.325 e. The Bertz CT molecular complexity index is 1210. The fraction of sp³-hybridized carbons (Fsp3) is 0.448. The van der Waals surface area contributed by atoms with Crippen molar-refractivity contribution in [2.24, 2.45) is 11.3 Å². The Morgan fingerprint density at radius 3 is 2.60 bits per heavy atom. The molecule has 1 aromatic heterocycles. The van der Waals surface area contributed by atoms with Crippen molar-refractivity contribution in [3.05, 3.63) is 71.2 Å². The number of halogens is 1. The molecule has 1 unspecified atom stereocenters. The highest BCUT2D eigenvalue weighted by Gasteiger charge is 2.34. The third-order valence-electron chi connectivity index (χ3n) is 7.01. The molecule has 0 radical (unpaired) electrons. The van der Waals surface area contributed by atoms with Crippen LogP contribution < -0.4 is 5.32 Å². The van der Waals surface area contributed by atoms with Crippen molar-refractivity contribution in [2.45, 2.75) is 66.0 Å². The number of carbonyl (C=O) groups excluding carboxylic acids is 2. The highest BCUT2D eigenvalue weighted by Crippen LogP contribution is 2.34. The Balaban J connectivity index is 1.57. The summed E-state index contributed by atoms with van der Waals surface area (Å²) < 4.78 is 21.3. The van der Waals surface area contributed by atoms with Crippen molar-refractivity contribution in [1.29, 1.82) is 0 Å². The van der Waals surface area contributed by atoms with E-state index in [0.717, 1.165) is 34.1 Å². The van der Waals surface area contributed by atoms with Gasteiger partial charge < -0.3 is 14.6 Å². The van der Waals surface area contributed by atoms with Crippen molar-refractivity contribution in [2.75, 3.05) is 6.61 Å². The molecule has 1 aliphatic rings. The molecule has 1 aliphatic carbocycles. The zero-order valence-electron chi connectivity index (χ0n) is 21.1. The first kappa shape index (κ1) is 25.0. The molecule has 1 heterocycles. The van der Waals surface area contributed by atoms with Crippen LogP contribution in [0.5, 0.6) is 0 Å². The lowest BCUT2D eigenvalue weighted by atomic mass is 9.76. The molecule has 1 N–H and O–H groups in total. The van der Waals surface area contributed by atoms with Crippen LogP contribution in [-0.4, -0.2) is 29.1 Å². The van der Waals surface area contributed by atoms with E-state index >= 15 is 0 Å². The molecule has 0 aliphatic heterocycles. The van der Waals surface area contributed by atoms with Crippen LogP contribution in [0.3, 0.4) is 0 Å². The van der Waals surface area contributed by atoms with E-state index in [1.807, 2.05) is 22.8 Å². The van der Waals surface area contributed by atoms with Gasteiger partial charge in [-0.25, -0.2) is 4.39 Å². The van der Waals surface area contributed by atoms with Crippen LogP contribution in [0.25, 0.3) is 10.9 Å². The average molecular weight is 479 g/mol. The predicted octanol–water partition coefficient (Wildman–Crippen LogP) is 5.22. The van der Waals surface area contributed by atoms with Crippen molar-refractivity contribution in [3.63, 3.8) is 0 Å². The van der Waals surface area contributed by atoms with Gasteiger partial charge in [-0.05, 0) is 67.3 Å². The van der Waals surface area contributed by atoms with E-state index in [2.05, 4.69) is 38.2 Å². The molecule has 186 valence electrons. The van der Waals surface area contributed by atoms with Crippen LogP contribution in [0.2, 0.25) is 0 Å². The Hall–Kier alpha value is -3.15. The number of rotatable bonds is 7. The average Bonchev–Trinajstić information content (AvgIpc) is 3.09. The molecule has 6 heteroatoms. The third-order valence-corrected chi connectivity index (χ3v) is 7.01. The molecular weight excluding hydrogens is 443 g/mol.